The van der Waals surface area contributed by atoms with Crippen molar-refractivity contribution in [3.05, 3.63) is 70.7 Å². The summed E-state index contributed by atoms with van der Waals surface area (Å²) in [6.45, 7) is 0. The smallest absolute Gasteiger partial charge is 0.158 e. The molecule has 0 saturated heterocycles. The molecular weight excluding hydrogens is 258 g/mol. The van der Waals surface area contributed by atoms with Gasteiger partial charge in [0.05, 0.1) is 6.07 Å². The van der Waals surface area contributed by atoms with Crippen LogP contribution < -0.4 is 0 Å². The summed E-state index contributed by atoms with van der Waals surface area (Å²) in [5, 5.41) is 9.74. The van der Waals surface area contributed by atoms with Crippen LogP contribution in [0.1, 0.15) is 17.0 Å². The lowest BCUT2D eigenvalue weighted by atomic mass is 9.92. The van der Waals surface area contributed by atoms with Gasteiger partial charge in [0.2, 0.25) is 0 Å². The largest absolute Gasteiger partial charge is 0.297 e. The standard InChI is InChI=1S/C16H12ClNO/c17-14-8-4-7-13(10-14)15(11-18)16(19)9-12-5-2-1-3-6-12/h1-8,10,15H,9H2. The van der Waals surface area contributed by atoms with Crippen molar-refractivity contribution in [1.82, 2.24) is 0 Å². The molecule has 19 heavy (non-hydrogen) atoms. The van der Waals surface area contributed by atoms with E-state index in [1.807, 2.05) is 30.3 Å². The molecule has 1 atom stereocenters. The first-order valence-electron chi connectivity index (χ1n) is 5.92. The van der Waals surface area contributed by atoms with Crippen LogP contribution in [0.4, 0.5) is 0 Å². The second-order valence-corrected chi connectivity index (χ2v) is 4.68. The summed E-state index contributed by atoms with van der Waals surface area (Å²) in [7, 11) is 0. The molecule has 0 heterocycles. The molecule has 0 saturated carbocycles. The molecule has 0 aliphatic rings. The second kappa shape index (κ2) is 6.17. The number of Topliss-reactive ketones (excluding diaryl/α,β-unsaturated/α-hetero) is 1. The predicted octanol–water partition coefficient (Wildman–Crippen LogP) is 3.76. The van der Waals surface area contributed by atoms with E-state index in [-0.39, 0.29) is 12.2 Å². The van der Waals surface area contributed by atoms with E-state index in [9.17, 15) is 10.1 Å². The molecular formula is C16H12ClNO. The van der Waals surface area contributed by atoms with E-state index in [0.29, 0.717) is 10.6 Å². The van der Waals surface area contributed by atoms with Crippen LogP contribution in [0.2, 0.25) is 5.02 Å². The number of hydrogen-bond donors (Lipinski definition) is 0. The fourth-order valence-electron chi connectivity index (χ4n) is 1.92. The molecule has 2 nitrogen and oxygen atoms in total. The van der Waals surface area contributed by atoms with Crippen molar-refractivity contribution >= 4 is 17.4 Å². The van der Waals surface area contributed by atoms with Gasteiger partial charge in [0.1, 0.15) is 5.92 Å². The Hall–Kier alpha value is -2.11. The molecule has 3 heteroatoms. The maximum Gasteiger partial charge on any atom is 0.158 e. The molecule has 0 amide bonds. The van der Waals surface area contributed by atoms with Gasteiger partial charge in [0.25, 0.3) is 0 Å². The van der Waals surface area contributed by atoms with Crippen LogP contribution >= 0.6 is 11.6 Å². The Morgan fingerprint density at radius 2 is 1.89 bits per heavy atom. The zero-order chi connectivity index (χ0) is 13.7. The van der Waals surface area contributed by atoms with Gasteiger partial charge in [-0.15, -0.1) is 0 Å². The number of rotatable bonds is 4. The number of nitriles is 1. The summed E-state index contributed by atoms with van der Waals surface area (Å²) in [4.78, 5) is 12.2. The van der Waals surface area contributed by atoms with Gasteiger partial charge >= 0.3 is 0 Å². The van der Waals surface area contributed by atoms with Gasteiger partial charge in [-0.05, 0) is 23.3 Å². The number of nitrogens with zero attached hydrogens (tertiary/aromatic N) is 1. The van der Waals surface area contributed by atoms with Gasteiger partial charge in [-0.1, -0.05) is 54.1 Å². The average molecular weight is 270 g/mol. The molecule has 1 unspecified atom stereocenters. The minimum atomic E-state index is -0.765. The fourth-order valence-corrected chi connectivity index (χ4v) is 2.12. The highest BCUT2D eigenvalue weighted by Gasteiger charge is 2.20. The third-order valence-corrected chi connectivity index (χ3v) is 3.09. The lowest BCUT2D eigenvalue weighted by Crippen LogP contribution is -2.13. The Labute approximate surface area is 117 Å². The summed E-state index contributed by atoms with van der Waals surface area (Å²) < 4.78 is 0. The van der Waals surface area contributed by atoms with Crippen LogP contribution in [0.15, 0.2) is 54.6 Å². The van der Waals surface area contributed by atoms with E-state index >= 15 is 0 Å². The molecule has 0 aliphatic carbocycles. The molecule has 2 aromatic rings. The van der Waals surface area contributed by atoms with Crippen LogP contribution in [-0.4, -0.2) is 5.78 Å². The van der Waals surface area contributed by atoms with Crippen LogP contribution in [0, 0.1) is 11.3 Å². The minimum Gasteiger partial charge on any atom is -0.297 e. The first kappa shape index (κ1) is 13.3. The monoisotopic (exact) mass is 269 g/mol. The summed E-state index contributed by atoms with van der Waals surface area (Å²) in [6.07, 6.45) is 0.256. The molecule has 0 bridgehead atoms. The molecule has 94 valence electrons. The Kier molecular flexibility index (Phi) is 4.33. The molecule has 2 aromatic carbocycles. The third kappa shape index (κ3) is 3.43. The van der Waals surface area contributed by atoms with Crippen LogP contribution in [0.5, 0.6) is 0 Å². The Morgan fingerprint density at radius 1 is 1.16 bits per heavy atom. The van der Waals surface area contributed by atoms with Gasteiger partial charge in [-0.2, -0.15) is 5.26 Å². The normalized spacial score (nSPS) is 11.6. The van der Waals surface area contributed by atoms with Crippen molar-refractivity contribution in [3.63, 3.8) is 0 Å². The van der Waals surface area contributed by atoms with E-state index in [2.05, 4.69) is 6.07 Å². The van der Waals surface area contributed by atoms with Gasteiger partial charge < -0.3 is 0 Å². The zero-order valence-corrected chi connectivity index (χ0v) is 11.0. The van der Waals surface area contributed by atoms with Gasteiger partial charge in [0, 0.05) is 11.4 Å². The quantitative estimate of drug-likeness (QED) is 0.848. The Bertz CT molecular complexity index is 616. The highest BCUT2D eigenvalue weighted by molar-refractivity contribution is 6.30. The topological polar surface area (TPSA) is 40.9 Å². The summed E-state index contributed by atoms with van der Waals surface area (Å²) in [6, 6.07) is 18.4. The van der Waals surface area contributed by atoms with Gasteiger partial charge in [0.15, 0.2) is 5.78 Å². The van der Waals surface area contributed by atoms with Gasteiger partial charge in [-0.25, -0.2) is 0 Å². The van der Waals surface area contributed by atoms with Crippen molar-refractivity contribution in [1.29, 1.82) is 5.26 Å². The molecule has 2 rings (SSSR count). The van der Waals surface area contributed by atoms with Gasteiger partial charge in [-0.3, -0.25) is 4.79 Å². The summed E-state index contributed by atoms with van der Waals surface area (Å²) in [5.41, 5.74) is 1.56. The number of carbonyl (C=O) groups excluding carboxylic acids is 1. The number of ketones is 1. The highest BCUT2D eigenvalue weighted by atomic mass is 35.5. The van der Waals surface area contributed by atoms with Crippen molar-refractivity contribution in [2.45, 2.75) is 12.3 Å². The van der Waals surface area contributed by atoms with E-state index < -0.39 is 5.92 Å². The Morgan fingerprint density at radius 3 is 2.53 bits per heavy atom. The fraction of sp³-hybridized carbons (Fsp3) is 0.125. The number of carbonyl (C=O) groups is 1. The number of hydrogen-bond acceptors (Lipinski definition) is 2. The lowest BCUT2D eigenvalue weighted by Gasteiger charge is -2.09. The van der Waals surface area contributed by atoms with Crippen molar-refractivity contribution in [3.8, 4) is 6.07 Å². The van der Waals surface area contributed by atoms with E-state index in [0.717, 1.165) is 5.56 Å². The molecule has 0 radical (unpaired) electrons. The van der Waals surface area contributed by atoms with Crippen LogP contribution in [-0.2, 0) is 11.2 Å². The van der Waals surface area contributed by atoms with E-state index in [1.165, 1.54) is 0 Å². The second-order valence-electron chi connectivity index (χ2n) is 4.25. The summed E-state index contributed by atoms with van der Waals surface area (Å²) in [5.74, 6) is -0.880. The lowest BCUT2D eigenvalue weighted by molar-refractivity contribution is -0.118. The van der Waals surface area contributed by atoms with Crippen LogP contribution in [0.3, 0.4) is 0 Å². The molecule has 0 fully saturated rings. The predicted molar refractivity (Wildman–Crippen MR) is 75.0 cm³/mol. The third-order valence-electron chi connectivity index (χ3n) is 2.85. The minimum absolute atomic E-state index is 0.115. The SMILES string of the molecule is N#CC(C(=O)Cc1ccccc1)c1cccc(Cl)c1. The molecule has 0 aromatic heterocycles. The Balaban J connectivity index is 2.19. The maximum atomic E-state index is 12.2. The number of benzene rings is 2. The van der Waals surface area contributed by atoms with E-state index in [1.54, 1.807) is 24.3 Å². The molecule has 0 aliphatic heterocycles. The number of halogens is 1. The average Bonchev–Trinajstić information content (AvgIpc) is 2.41. The first-order valence-corrected chi connectivity index (χ1v) is 6.30. The van der Waals surface area contributed by atoms with Crippen molar-refractivity contribution in [2.75, 3.05) is 0 Å². The summed E-state index contributed by atoms with van der Waals surface area (Å²) >= 11 is 5.89. The van der Waals surface area contributed by atoms with E-state index in [4.69, 9.17) is 11.6 Å². The first-order chi connectivity index (χ1) is 9.20. The molecule has 0 spiro atoms. The highest BCUT2D eigenvalue weighted by Crippen LogP contribution is 2.21. The van der Waals surface area contributed by atoms with Crippen LogP contribution in [0.25, 0.3) is 0 Å². The maximum absolute atomic E-state index is 12.2. The molecule has 0 N–H and O–H groups in total. The van der Waals surface area contributed by atoms with Crippen molar-refractivity contribution in [2.24, 2.45) is 0 Å². The van der Waals surface area contributed by atoms with Crippen molar-refractivity contribution < 1.29 is 4.79 Å². The zero-order valence-electron chi connectivity index (χ0n) is 10.2.